The second kappa shape index (κ2) is 4.59. The van der Waals surface area contributed by atoms with E-state index in [1.165, 1.54) is 19.3 Å². The van der Waals surface area contributed by atoms with Gasteiger partial charge in [-0.05, 0) is 18.8 Å². The Hall–Kier alpha value is -0.810. The Balaban J connectivity index is 2.02. The van der Waals surface area contributed by atoms with Crippen molar-refractivity contribution >= 4 is 5.84 Å². The van der Waals surface area contributed by atoms with Gasteiger partial charge in [0.15, 0.2) is 5.84 Å². The normalized spacial score (nSPS) is 36.3. The Bertz CT molecular complexity index is 282. The molecule has 0 aromatic heterocycles. The molecule has 4 N–H and O–H groups in total. The van der Waals surface area contributed by atoms with Crippen LogP contribution in [0.5, 0.6) is 0 Å². The molecule has 2 atom stereocenters. The Labute approximate surface area is 95.9 Å². The molecule has 2 rings (SSSR count). The molecule has 1 aliphatic heterocycles. The van der Waals surface area contributed by atoms with Gasteiger partial charge in [-0.15, -0.1) is 0 Å². The summed E-state index contributed by atoms with van der Waals surface area (Å²) >= 11 is 0. The quantitative estimate of drug-likeness (QED) is 0.279. The minimum absolute atomic E-state index is 0.0774. The molecule has 0 unspecified atom stereocenters. The second-order valence-corrected chi connectivity index (χ2v) is 5.22. The highest BCUT2D eigenvalue weighted by Crippen LogP contribution is 2.46. The van der Waals surface area contributed by atoms with Gasteiger partial charge in [0.2, 0.25) is 0 Å². The summed E-state index contributed by atoms with van der Waals surface area (Å²) in [5, 5.41) is 21.2. The number of amidine groups is 1. The summed E-state index contributed by atoms with van der Waals surface area (Å²) in [6.07, 6.45) is 4.80. The SMILES string of the molecule is NC(CN1C[C@H]2CCCC[C@@]2(CO)C1)=NO. The van der Waals surface area contributed by atoms with E-state index < -0.39 is 0 Å². The van der Waals surface area contributed by atoms with Crippen molar-refractivity contribution in [3.63, 3.8) is 0 Å². The molecule has 0 aromatic rings. The maximum absolute atomic E-state index is 9.62. The van der Waals surface area contributed by atoms with Gasteiger partial charge in [0.25, 0.3) is 0 Å². The van der Waals surface area contributed by atoms with Crippen molar-refractivity contribution in [3.05, 3.63) is 0 Å². The molecule has 16 heavy (non-hydrogen) atoms. The lowest BCUT2D eigenvalue weighted by molar-refractivity contribution is 0.0588. The van der Waals surface area contributed by atoms with E-state index in [2.05, 4.69) is 10.1 Å². The van der Waals surface area contributed by atoms with Crippen LogP contribution in [0.4, 0.5) is 0 Å². The highest BCUT2D eigenvalue weighted by molar-refractivity contribution is 5.81. The van der Waals surface area contributed by atoms with Gasteiger partial charge in [0.05, 0.1) is 13.2 Å². The molecule has 0 bridgehead atoms. The number of nitrogens with zero attached hydrogens (tertiary/aromatic N) is 2. The number of nitrogens with two attached hydrogens (primary N) is 1. The molecular weight excluding hydrogens is 206 g/mol. The topological polar surface area (TPSA) is 82.1 Å². The van der Waals surface area contributed by atoms with Crippen LogP contribution in [0.15, 0.2) is 5.16 Å². The Morgan fingerprint density at radius 2 is 2.31 bits per heavy atom. The van der Waals surface area contributed by atoms with Crippen LogP contribution in [-0.4, -0.2) is 47.3 Å². The molecule has 92 valence electrons. The summed E-state index contributed by atoms with van der Waals surface area (Å²) in [5.41, 5.74) is 5.60. The zero-order chi connectivity index (χ0) is 11.6. The number of rotatable bonds is 3. The fraction of sp³-hybridized carbons (Fsp3) is 0.909. The fourth-order valence-electron chi connectivity index (χ4n) is 3.33. The zero-order valence-electron chi connectivity index (χ0n) is 9.60. The molecule has 2 aliphatic rings. The number of fused-ring (bicyclic) bond motifs is 1. The van der Waals surface area contributed by atoms with Gasteiger partial charge < -0.3 is 16.0 Å². The van der Waals surface area contributed by atoms with Crippen molar-refractivity contribution in [2.24, 2.45) is 22.2 Å². The maximum atomic E-state index is 9.62. The van der Waals surface area contributed by atoms with Crippen LogP contribution in [-0.2, 0) is 0 Å². The maximum Gasteiger partial charge on any atom is 0.153 e. The van der Waals surface area contributed by atoms with Gasteiger partial charge in [0.1, 0.15) is 0 Å². The molecule has 2 fully saturated rings. The fourth-order valence-corrected chi connectivity index (χ4v) is 3.33. The van der Waals surface area contributed by atoms with Gasteiger partial charge in [-0.1, -0.05) is 18.0 Å². The summed E-state index contributed by atoms with van der Waals surface area (Å²) < 4.78 is 0. The van der Waals surface area contributed by atoms with Crippen molar-refractivity contribution < 1.29 is 10.3 Å². The first-order chi connectivity index (χ1) is 7.70. The lowest BCUT2D eigenvalue weighted by Gasteiger charge is -2.36. The van der Waals surface area contributed by atoms with E-state index in [1.54, 1.807) is 0 Å². The van der Waals surface area contributed by atoms with Crippen LogP contribution in [0.3, 0.4) is 0 Å². The number of aliphatic hydroxyl groups is 1. The van der Waals surface area contributed by atoms with Crippen LogP contribution in [0, 0.1) is 11.3 Å². The molecule has 0 aromatic carbocycles. The third-order valence-electron chi connectivity index (χ3n) is 4.19. The molecule has 0 spiro atoms. The molecule has 1 aliphatic carbocycles. The van der Waals surface area contributed by atoms with Crippen molar-refractivity contribution in [3.8, 4) is 0 Å². The van der Waals surface area contributed by atoms with E-state index in [0.29, 0.717) is 12.5 Å². The van der Waals surface area contributed by atoms with Gasteiger partial charge in [-0.3, -0.25) is 4.90 Å². The van der Waals surface area contributed by atoms with Gasteiger partial charge in [-0.2, -0.15) is 0 Å². The monoisotopic (exact) mass is 227 g/mol. The average molecular weight is 227 g/mol. The standard InChI is InChI=1S/C11H21N3O2/c12-10(13-16)6-14-5-9-3-1-2-4-11(9,7-14)8-15/h9,15-16H,1-8H2,(H2,12,13)/t9-,11+/m1/s1. The number of hydrogen-bond acceptors (Lipinski definition) is 4. The van der Waals surface area contributed by atoms with Crippen LogP contribution in [0.2, 0.25) is 0 Å². The van der Waals surface area contributed by atoms with Crippen molar-refractivity contribution in [1.29, 1.82) is 0 Å². The molecule has 1 saturated heterocycles. The molecular formula is C11H21N3O2. The van der Waals surface area contributed by atoms with E-state index >= 15 is 0 Å². The molecule has 1 heterocycles. The van der Waals surface area contributed by atoms with Crippen molar-refractivity contribution in [2.45, 2.75) is 25.7 Å². The Morgan fingerprint density at radius 3 is 2.94 bits per heavy atom. The van der Waals surface area contributed by atoms with Gasteiger partial charge in [0, 0.05) is 18.5 Å². The molecule has 0 amide bonds. The lowest BCUT2D eigenvalue weighted by Crippen LogP contribution is -2.38. The van der Waals surface area contributed by atoms with Crippen LogP contribution in [0.1, 0.15) is 25.7 Å². The van der Waals surface area contributed by atoms with E-state index in [-0.39, 0.29) is 17.9 Å². The second-order valence-electron chi connectivity index (χ2n) is 5.22. The number of aliphatic hydroxyl groups excluding tert-OH is 1. The number of hydrogen-bond donors (Lipinski definition) is 3. The first-order valence-electron chi connectivity index (χ1n) is 6.00. The van der Waals surface area contributed by atoms with Gasteiger partial charge in [-0.25, -0.2) is 0 Å². The molecule has 0 radical (unpaired) electrons. The largest absolute Gasteiger partial charge is 0.409 e. The Morgan fingerprint density at radius 1 is 1.50 bits per heavy atom. The number of likely N-dealkylation sites (tertiary alicyclic amines) is 1. The summed E-state index contributed by atoms with van der Waals surface area (Å²) in [7, 11) is 0. The molecule has 5 nitrogen and oxygen atoms in total. The summed E-state index contributed by atoms with van der Waals surface area (Å²) in [6, 6.07) is 0. The molecule has 5 heteroatoms. The van der Waals surface area contributed by atoms with Crippen LogP contribution in [0.25, 0.3) is 0 Å². The number of oxime groups is 1. The lowest BCUT2D eigenvalue weighted by atomic mass is 9.69. The summed E-state index contributed by atoms with van der Waals surface area (Å²) in [5.74, 6) is 0.837. The van der Waals surface area contributed by atoms with Crippen molar-refractivity contribution in [2.75, 3.05) is 26.2 Å². The third kappa shape index (κ3) is 2.01. The van der Waals surface area contributed by atoms with E-state index in [9.17, 15) is 5.11 Å². The van der Waals surface area contributed by atoms with E-state index in [0.717, 1.165) is 19.5 Å². The van der Waals surface area contributed by atoms with E-state index in [1.807, 2.05) is 0 Å². The predicted molar refractivity (Wildman–Crippen MR) is 61.3 cm³/mol. The highest BCUT2D eigenvalue weighted by Gasteiger charge is 2.46. The molecule has 1 saturated carbocycles. The minimum atomic E-state index is 0.0774. The van der Waals surface area contributed by atoms with Crippen LogP contribution < -0.4 is 5.73 Å². The predicted octanol–water partition coefficient (Wildman–Crippen LogP) is 0.217. The van der Waals surface area contributed by atoms with Gasteiger partial charge >= 0.3 is 0 Å². The first-order valence-corrected chi connectivity index (χ1v) is 6.00. The van der Waals surface area contributed by atoms with Crippen molar-refractivity contribution in [1.82, 2.24) is 4.90 Å². The first kappa shape index (κ1) is 11.7. The minimum Gasteiger partial charge on any atom is -0.409 e. The Kier molecular flexibility index (Phi) is 3.35. The summed E-state index contributed by atoms with van der Waals surface area (Å²) in [4.78, 5) is 2.20. The van der Waals surface area contributed by atoms with Crippen LogP contribution >= 0.6 is 0 Å². The smallest absolute Gasteiger partial charge is 0.153 e. The van der Waals surface area contributed by atoms with E-state index in [4.69, 9.17) is 10.9 Å². The highest BCUT2D eigenvalue weighted by atomic mass is 16.4. The third-order valence-corrected chi connectivity index (χ3v) is 4.19. The zero-order valence-corrected chi connectivity index (χ0v) is 9.60. The average Bonchev–Trinajstić information content (AvgIpc) is 2.67. The summed E-state index contributed by atoms with van der Waals surface area (Å²) in [6.45, 7) is 2.63.